The molecule has 1 aromatic carbocycles. The summed E-state index contributed by atoms with van der Waals surface area (Å²) in [5.74, 6) is -2.96. The number of carbonyl (C=O) groups excluding carboxylic acids is 3. The van der Waals surface area contributed by atoms with Crippen molar-refractivity contribution in [2.75, 3.05) is 6.54 Å². The van der Waals surface area contributed by atoms with Gasteiger partial charge in [-0.25, -0.2) is 4.79 Å². The van der Waals surface area contributed by atoms with Crippen LogP contribution in [-0.2, 0) is 25.6 Å². The number of hydrogen-bond acceptors (Lipinski definition) is 5. The van der Waals surface area contributed by atoms with Crippen LogP contribution in [0.5, 0.6) is 0 Å². The minimum absolute atomic E-state index is 0.0730. The molecular formula is C22H34N4O5. The van der Waals surface area contributed by atoms with E-state index in [1.807, 2.05) is 44.2 Å². The van der Waals surface area contributed by atoms with Gasteiger partial charge in [0.05, 0.1) is 12.6 Å². The van der Waals surface area contributed by atoms with E-state index >= 15 is 0 Å². The van der Waals surface area contributed by atoms with Crippen LogP contribution >= 0.6 is 0 Å². The number of benzene rings is 1. The van der Waals surface area contributed by atoms with E-state index in [4.69, 9.17) is 5.73 Å². The molecule has 9 heteroatoms. The molecule has 31 heavy (non-hydrogen) atoms. The van der Waals surface area contributed by atoms with Gasteiger partial charge in [0.25, 0.3) is 0 Å². The number of carboxylic acids is 1. The quantitative estimate of drug-likeness (QED) is 0.322. The monoisotopic (exact) mass is 434 g/mol. The van der Waals surface area contributed by atoms with Crippen LogP contribution in [0.4, 0.5) is 0 Å². The largest absolute Gasteiger partial charge is 0.480 e. The molecule has 0 bridgehead atoms. The van der Waals surface area contributed by atoms with E-state index in [9.17, 15) is 24.3 Å². The highest BCUT2D eigenvalue weighted by molar-refractivity contribution is 5.92. The van der Waals surface area contributed by atoms with Crippen molar-refractivity contribution in [3.8, 4) is 0 Å². The maximum atomic E-state index is 12.6. The van der Waals surface area contributed by atoms with Crippen molar-refractivity contribution in [3.63, 3.8) is 0 Å². The summed E-state index contributed by atoms with van der Waals surface area (Å²) in [7, 11) is 0. The highest BCUT2D eigenvalue weighted by Crippen LogP contribution is 2.08. The normalized spacial score (nSPS) is 13.9. The predicted molar refractivity (Wildman–Crippen MR) is 117 cm³/mol. The van der Waals surface area contributed by atoms with Gasteiger partial charge in [-0.15, -0.1) is 0 Å². The molecule has 0 heterocycles. The molecule has 3 unspecified atom stereocenters. The highest BCUT2D eigenvalue weighted by Gasteiger charge is 2.29. The maximum absolute atomic E-state index is 12.6. The van der Waals surface area contributed by atoms with Gasteiger partial charge < -0.3 is 26.8 Å². The van der Waals surface area contributed by atoms with E-state index in [-0.39, 0.29) is 24.8 Å². The summed E-state index contributed by atoms with van der Waals surface area (Å²) in [5, 5.41) is 16.8. The molecule has 1 aromatic rings. The van der Waals surface area contributed by atoms with Crippen molar-refractivity contribution in [2.45, 2.75) is 58.7 Å². The van der Waals surface area contributed by atoms with Crippen LogP contribution in [-0.4, -0.2) is 53.5 Å². The summed E-state index contributed by atoms with van der Waals surface area (Å²) in [6.45, 7) is 6.84. The Bertz CT molecular complexity index is 752. The van der Waals surface area contributed by atoms with Crippen molar-refractivity contribution >= 4 is 23.7 Å². The van der Waals surface area contributed by atoms with Crippen molar-refractivity contribution in [1.82, 2.24) is 16.0 Å². The average molecular weight is 435 g/mol. The van der Waals surface area contributed by atoms with Crippen molar-refractivity contribution in [3.05, 3.63) is 35.9 Å². The third-order valence-corrected chi connectivity index (χ3v) is 4.65. The molecule has 0 aromatic heterocycles. The number of aliphatic carboxylic acids is 1. The minimum atomic E-state index is -1.13. The Morgan fingerprint density at radius 2 is 1.58 bits per heavy atom. The molecule has 0 aliphatic carbocycles. The number of nitrogens with two attached hydrogens (primary N) is 1. The summed E-state index contributed by atoms with van der Waals surface area (Å²) in [6.07, 6.45) is 0.604. The number of nitrogens with one attached hydrogen (secondary N) is 3. The van der Waals surface area contributed by atoms with E-state index in [1.165, 1.54) is 0 Å². The fourth-order valence-electron chi connectivity index (χ4n) is 2.97. The van der Waals surface area contributed by atoms with E-state index in [0.29, 0.717) is 6.42 Å². The summed E-state index contributed by atoms with van der Waals surface area (Å²) in [5.41, 5.74) is 6.80. The van der Waals surface area contributed by atoms with Crippen LogP contribution < -0.4 is 21.7 Å². The lowest BCUT2D eigenvalue weighted by Gasteiger charge is -2.25. The third kappa shape index (κ3) is 9.61. The average Bonchev–Trinajstić information content (AvgIpc) is 2.69. The second kappa shape index (κ2) is 12.7. The second-order valence-corrected chi connectivity index (χ2v) is 8.33. The standard InChI is InChI=1S/C22H34N4O5/c1-13(2)10-17(22(30)31)25-21(29)19(14(3)4)26-18(27)12-24-20(28)16(23)11-15-8-6-5-7-9-15/h5-9,13-14,16-17,19H,10-12,23H2,1-4H3,(H,24,28)(H,25,29)(H,26,27)(H,30,31). The van der Waals surface area contributed by atoms with Gasteiger partial charge in [-0.05, 0) is 30.2 Å². The van der Waals surface area contributed by atoms with Crippen molar-refractivity contribution in [2.24, 2.45) is 17.6 Å². The molecule has 3 atom stereocenters. The number of amides is 3. The smallest absolute Gasteiger partial charge is 0.326 e. The minimum Gasteiger partial charge on any atom is -0.480 e. The zero-order chi connectivity index (χ0) is 23.6. The molecule has 9 nitrogen and oxygen atoms in total. The van der Waals surface area contributed by atoms with Gasteiger partial charge in [-0.3, -0.25) is 14.4 Å². The zero-order valence-corrected chi connectivity index (χ0v) is 18.6. The molecule has 0 fully saturated rings. The summed E-state index contributed by atoms with van der Waals surface area (Å²) in [4.78, 5) is 48.4. The van der Waals surface area contributed by atoms with E-state index in [0.717, 1.165) is 5.56 Å². The zero-order valence-electron chi connectivity index (χ0n) is 18.6. The summed E-state index contributed by atoms with van der Waals surface area (Å²) >= 11 is 0. The molecule has 0 saturated carbocycles. The first-order valence-corrected chi connectivity index (χ1v) is 10.4. The first-order chi connectivity index (χ1) is 14.5. The van der Waals surface area contributed by atoms with Gasteiger partial charge in [0.1, 0.15) is 12.1 Å². The van der Waals surface area contributed by atoms with Gasteiger partial charge in [0.2, 0.25) is 17.7 Å². The van der Waals surface area contributed by atoms with Crippen LogP contribution in [0.2, 0.25) is 0 Å². The third-order valence-electron chi connectivity index (χ3n) is 4.65. The highest BCUT2D eigenvalue weighted by atomic mass is 16.4. The van der Waals surface area contributed by atoms with Crippen molar-refractivity contribution < 1.29 is 24.3 Å². The lowest BCUT2D eigenvalue weighted by molar-refractivity contribution is -0.143. The molecule has 172 valence electrons. The predicted octanol–water partition coefficient (Wildman–Crippen LogP) is 0.429. The van der Waals surface area contributed by atoms with E-state index in [1.54, 1.807) is 13.8 Å². The van der Waals surface area contributed by atoms with Gasteiger partial charge >= 0.3 is 5.97 Å². The van der Waals surface area contributed by atoms with E-state index < -0.39 is 41.8 Å². The van der Waals surface area contributed by atoms with Crippen molar-refractivity contribution in [1.29, 1.82) is 0 Å². The molecule has 0 aliphatic heterocycles. The Labute approximate surface area is 183 Å². The molecule has 0 spiro atoms. The lowest BCUT2D eigenvalue weighted by Crippen LogP contribution is -2.55. The van der Waals surface area contributed by atoms with Crippen LogP contribution in [0.25, 0.3) is 0 Å². The van der Waals surface area contributed by atoms with Gasteiger partial charge in [0.15, 0.2) is 0 Å². The van der Waals surface area contributed by atoms with Crippen LogP contribution in [0.3, 0.4) is 0 Å². The molecule has 0 saturated heterocycles. The topological polar surface area (TPSA) is 151 Å². The maximum Gasteiger partial charge on any atom is 0.326 e. The molecule has 1 rings (SSSR count). The number of carboxylic acid groups (broad SMARTS) is 1. The molecular weight excluding hydrogens is 400 g/mol. The Hall–Kier alpha value is -2.94. The van der Waals surface area contributed by atoms with Gasteiger partial charge in [-0.1, -0.05) is 58.0 Å². The SMILES string of the molecule is CC(C)CC(NC(=O)C(NC(=O)CNC(=O)C(N)Cc1ccccc1)C(C)C)C(=O)O. The van der Waals surface area contributed by atoms with Crippen LogP contribution in [0.15, 0.2) is 30.3 Å². The van der Waals surface area contributed by atoms with Crippen LogP contribution in [0.1, 0.15) is 39.7 Å². The van der Waals surface area contributed by atoms with E-state index in [2.05, 4.69) is 16.0 Å². The molecule has 6 N–H and O–H groups in total. The Kier molecular flexibility index (Phi) is 10.7. The number of carbonyl (C=O) groups is 4. The fraction of sp³-hybridized carbons (Fsp3) is 0.545. The Morgan fingerprint density at radius 1 is 0.968 bits per heavy atom. The molecule has 0 radical (unpaired) electrons. The Morgan fingerprint density at radius 3 is 2.10 bits per heavy atom. The van der Waals surface area contributed by atoms with Gasteiger partial charge in [-0.2, -0.15) is 0 Å². The first-order valence-electron chi connectivity index (χ1n) is 10.4. The number of hydrogen-bond donors (Lipinski definition) is 5. The molecule has 3 amide bonds. The molecule has 0 aliphatic rings. The summed E-state index contributed by atoms with van der Waals surface area (Å²) < 4.78 is 0. The first kappa shape index (κ1) is 26.1. The Balaban J connectivity index is 2.59. The lowest BCUT2D eigenvalue weighted by atomic mass is 10.0. The number of rotatable bonds is 12. The second-order valence-electron chi connectivity index (χ2n) is 8.33. The van der Waals surface area contributed by atoms with Crippen LogP contribution in [0, 0.1) is 11.8 Å². The summed E-state index contributed by atoms with van der Waals surface area (Å²) in [6, 6.07) is 6.48. The van der Waals surface area contributed by atoms with Gasteiger partial charge in [0, 0.05) is 0 Å². The fourth-order valence-corrected chi connectivity index (χ4v) is 2.97.